The molecule has 0 radical (unpaired) electrons. The Kier molecular flexibility index (Phi) is 7.39. The Balaban J connectivity index is 3.85. The van der Waals surface area contributed by atoms with Crippen molar-refractivity contribution in [3.8, 4) is 0 Å². The van der Waals surface area contributed by atoms with Crippen LogP contribution in [0.15, 0.2) is 0 Å². The van der Waals surface area contributed by atoms with Crippen LogP contribution in [0.3, 0.4) is 0 Å². The molecule has 0 fully saturated rings. The summed E-state index contributed by atoms with van der Waals surface area (Å²) in [6.45, 7) is 7.89. The summed E-state index contributed by atoms with van der Waals surface area (Å²) in [6.07, 6.45) is 4.55. The monoisotopic (exact) mass is 228 g/mol. The summed E-state index contributed by atoms with van der Waals surface area (Å²) in [5.41, 5.74) is -0.221. The number of hydrogen-bond donors (Lipinski definition) is 1. The molecule has 0 aliphatic rings. The lowest BCUT2D eigenvalue weighted by molar-refractivity contribution is -0.129. The van der Waals surface area contributed by atoms with Gasteiger partial charge in [0, 0.05) is 18.5 Å². The van der Waals surface area contributed by atoms with Gasteiger partial charge >= 0.3 is 0 Å². The van der Waals surface area contributed by atoms with Crippen LogP contribution in [0.4, 0.5) is 0 Å². The van der Waals surface area contributed by atoms with Crippen LogP contribution in [0.5, 0.6) is 0 Å². The van der Waals surface area contributed by atoms with E-state index in [9.17, 15) is 4.79 Å². The van der Waals surface area contributed by atoms with Crippen molar-refractivity contribution >= 4 is 5.91 Å². The van der Waals surface area contributed by atoms with Gasteiger partial charge in [0.1, 0.15) is 0 Å². The summed E-state index contributed by atoms with van der Waals surface area (Å²) in [6, 6.07) is 0. The number of nitrogens with one attached hydrogen (secondary N) is 1. The lowest BCUT2D eigenvalue weighted by atomic mass is 9.86. The molecule has 1 amide bonds. The molecule has 0 bridgehead atoms. The Labute approximate surface area is 101 Å². The van der Waals surface area contributed by atoms with Gasteiger partial charge in [-0.25, -0.2) is 0 Å². The summed E-state index contributed by atoms with van der Waals surface area (Å²) in [5.74, 6) is 0.186. The minimum Gasteiger partial charge on any atom is -0.354 e. The number of rotatable bonds is 8. The summed E-state index contributed by atoms with van der Waals surface area (Å²) in [5, 5.41) is 3.00. The molecule has 0 rings (SSSR count). The van der Waals surface area contributed by atoms with Crippen LogP contribution in [-0.2, 0) is 4.79 Å². The molecule has 0 aromatic rings. The number of hydrogen-bond acceptors (Lipinski definition) is 2. The molecular weight excluding hydrogens is 200 g/mol. The molecule has 0 aromatic heterocycles. The molecule has 16 heavy (non-hydrogen) atoms. The van der Waals surface area contributed by atoms with Gasteiger partial charge in [-0.1, -0.05) is 40.0 Å². The maximum absolute atomic E-state index is 11.9. The highest BCUT2D eigenvalue weighted by atomic mass is 16.2. The fourth-order valence-electron chi connectivity index (χ4n) is 1.56. The van der Waals surface area contributed by atoms with Crippen molar-refractivity contribution in [2.24, 2.45) is 5.41 Å². The van der Waals surface area contributed by atoms with Crippen LogP contribution in [0.25, 0.3) is 0 Å². The van der Waals surface area contributed by atoms with Crippen LogP contribution in [-0.4, -0.2) is 38.0 Å². The van der Waals surface area contributed by atoms with Gasteiger partial charge in [-0.15, -0.1) is 0 Å². The molecule has 0 unspecified atom stereocenters. The van der Waals surface area contributed by atoms with E-state index in [0.717, 1.165) is 25.9 Å². The van der Waals surface area contributed by atoms with E-state index >= 15 is 0 Å². The van der Waals surface area contributed by atoms with Gasteiger partial charge in [0.25, 0.3) is 0 Å². The lowest BCUT2D eigenvalue weighted by Crippen LogP contribution is -2.40. The predicted octanol–water partition coefficient (Wildman–Crippen LogP) is 2.27. The highest BCUT2D eigenvalue weighted by Crippen LogP contribution is 2.23. The zero-order chi connectivity index (χ0) is 12.6. The Hall–Kier alpha value is -0.570. The number of unbranched alkanes of at least 4 members (excludes halogenated alkanes) is 2. The summed E-state index contributed by atoms with van der Waals surface area (Å²) in [7, 11) is 4.02. The largest absolute Gasteiger partial charge is 0.354 e. The third-order valence-corrected chi connectivity index (χ3v) is 2.86. The predicted molar refractivity (Wildman–Crippen MR) is 69.5 cm³/mol. The summed E-state index contributed by atoms with van der Waals surface area (Å²) >= 11 is 0. The maximum atomic E-state index is 11.9. The zero-order valence-corrected chi connectivity index (χ0v) is 11.6. The van der Waals surface area contributed by atoms with Gasteiger partial charge in [-0.3, -0.25) is 4.79 Å². The van der Waals surface area contributed by atoms with Gasteiger partial charge < -0.3 is 10.2 Å². The molecule has 0 aromatic carbocycles. The van der Waals surface area contributed by atoms with E-state index in [4.69, 9.17) is 0 Å². The molecular formula is C13H28N2O. The van der Waals surface area contributed by atoms with Crippen LogP contribution in [0, 0.1) is 5.41 Å². The van der Waals surface area contributed by atoms with Gasteiger partial charge in [-0.2, -0.15) is 0 Å². The van der Waals surface area contributed by atoms with Crippen LogP contribution < -0.4 is 5.32 Å². The van der Waals surface area contributed by atoms with Crippen molar-refractivity contribution < 1.29 is 4.79 Å². The van der Waals surface area contributed by atoms with Gasteiger partial charge in [0.05, 0.1) is 0 Å². The number of carbonyl (C=O) groups excluding carboxylic acids is 1. The molecule has 0 saturated heterocycles. The maximum Gasteiger partial charge on any atom is 0.225 e. The first-order chi connectivity index (χ1) is 7.40. The average Bonchev–Trinajstić information content (AvgIpc) is 2.17. The number of carbonyl (C=O) groups is 1. The second-order valence-electron chi connectivity index (χ2n) is 5.40. The Bertz CT molecular complexity index is 200. The zero-order valence-electron chi connectivity index (χ0n) is 11.6. The SMILES string of the molecule is CCCCCC(C)(C)C(=O)NCCN(C)C. The third kappa shape index (κ3) is 6.83. The van der Waals surface area contributed by atoms with Crippen molar-refractivity contribution in [1.29, 1.82) is 0 Å². The molecule has 3 heteroatoms. The van der Waals surface area contributed by atoms with Crippen LogP contribution in [0.2, 0.25) is 0 Å². The minimum absolute atomic E-state index is 0.186. The van der Waals surface area contributed by atoms with Crippen molar-refractivity contribution in [3.05, 3.63) is 0 Å². The number of likely N-dealkylation sites (N-methyl/N-ethyl adjacent to an activating group) is 1. The highest BCUT2D eigenvalue weighted by Gasteiger charge is 2.26. The Morgan fingerprint density at radius 1 is 1.25 bits per heavy atom. The first-order valence-corrected chi connectivity index (χ1v) is 6.33. The molecule has 96 valence electrons. The Morgan fingerprint density at radius 2 is 1.88 bits per heavy atom. The van der Waals surface area contributed by atoms with Crippen molar-refractivity contribution in [3.63, 3.8) is 0 Å². The van der Waals surface area contributed by atoms with E-state index in [2.05, 4.69) is 17.1 Å². The van der Waals surface area contributed by atoms with Crippen molar-refractivity contribution in [2.75, 3.05) is 27.2 Å². The number of nitrogens with zero attached hydrogens (tertiary/aromatic N) is 1. The van der Waals surface area contributed by atoms with Crippen LogP contribution in [0.1, 0.15) is 46.5 Å². The van der Waals surface area contributed by atoms with Crippen LogP contribution >= 0.6 is 0 Å². The van der Waals surface area contributed by atoms with E-state index in [1.54, 1.807) is 0 Å². The molecule has 0 aliphatic carbocycles. The number of amides is 1. The quantitative estimate of drug-likeness (QED) is 0.646. The highest BCUT2D eigenvalue weighted by molar-refractivity contribution is 5.81. The minimum atomic E-state index is -0.221. The first kappa shape index (κ1) is 15.4. The van der Waals surface area contributed by atoms with Crippen molar-refractivity contribution in [2.45, 2.75) is 46.5 Å². The van der Waals surface area contributed by atoms with E-state index in [1.165, 1.54) is 12.8 Å². The van der Waals surface area contributed by atoms with Gasteiger partial charge in [-0.05, 0) is 20.5 Å². The van der Waals surface area contributed by atoms with E-state index in [0.29, 0.717) is 0 Å². The molecule has 3 nitrogen and oxygen atoms in total. The van der Waals surface area contributed by atoms with E-state index in [-0.39, 0.29) is 11.3 Å². The van der Waals surface area contributed by atoms with Crippen molar-refractivity contribution in [1.82, 2.24) is 10.2 Å². The van der Waals surface area contributed by atoms with Gasteiger partial charge in [0.15, 0.2) is 0 Å². The van der Waals surface area contributed by atoms with E-state index < -0.39 is 0 Å². The summed E-state index contributed by atoms with van der Waals surface area (Å²) in [4.78, 5) is 14.0. The summed E-state index contributed by atoms with van der Waals surface area (Å²) < 4.78 is 0. The lowest BCUT2D eigenvalue weighted by Gasteiger charge is -2.24. The molecule has 0 saturated carbocycles. The Morgan fingerprint density at radius 3 is 2.38 bits per heavy atom. The normalized spacial score (nSPS) is 11.9. The molecule has 0 atom stereocenters. The molecule has 0 aliphatic heterocycles. The smallest absolute Gasteiger partial charge is 0.225 e. The topological polar surface area (TPSA) is 32.3 Å². The van der Waals surface area contributed by atoms with E-state index in [1.807, 2.05) is 27.9 Å². The fraction of sp³-hybridized carbons (Fsp3) is 0.923. The van der Waals surface area contributed by atoms with Gasteiger partial charge in [0.2, 0.25) is 5.91 Å². The fourth-order valence-corrected chi connectivity index (χ4v) is 1.56. The molecule has 1 N–H and O–H groups in total. The molecule has 0 spiro atoms. The third-order valence-electron chi connectivity index (χ3n) is 2.86. The second kappa shape index (κ2) is 7.66. The second-order valence-corrected chi connectivity index (χ2v) is 5.40. The average molecular weight is 228 g/mol. The first-order valence-electron chi connectivity index (χ1n) is 6.33. The molecule has 0 heterocycles. The standard InChI is InChI=1S/C13H28N2O/c1-6-7-8-9-13(2,3)12(16)14-10-11-15(4)5/h6-11H2,1-5H3,(H,14,16).